The summed E-state index contributed by atoms with van der Waals surface area (Å²) < 4.78 is 0. The first-order valence-electron chi connectivity index (χ1n) is 5.38. The maximum absolute atomic E-state index is 9.55. The first-order chi connectivity index (χ1) is 10.3. The van der Waals surface area contributed by atoms with Crippen LogP contribution in [0.25, 0.3) is 0 Å². The highest BCUT2D eigenvalue weighted by Gasteiger charge is 1.88. The standard InChI is InChI=1S/C5H5N.2C4H4O4/c1-2-4-6-5-3-1;2*5-3(6)1-2-4(7)8/h1-5H;2*1-2H,(H,5,6)(H,7,8)/b;2*2-1+. The zero-order valence-corrected chi connectivity index (χ0v) is 11.1. The van der Waals surface area contributed by atoms with E-state index in [-0.39, 0.29) is 0 Å². The Labute approximate surface area is 124 Å². The molecule has 1 aromatic heterocycles. The number of hydrogen-bond donors (Lipinski definition) is 4. The molecule has 0 saturated carbocycles. The largest absolute Gasteiger partial charge is 0.478 e. The van der Waals surface area contributed by atoms with Gasteiger partial charge in [0.15, 0.2) is 0 Å². The zero-order valence-electron chi connectivity index (χ0n) is 11.1. The fourth-order valence-corrected chi connectivity index (χ4v) is 0.598. The molecule has 4 N–H and O–H groups in total. The summed E-state index contributed by atoms with van der Waals surface area (Å²) in [5, 5.41) is 31.2. The average molecular weight is 311 g/mol. The molecule has 0 aromatic carbocycles. The Kier molecular flexibility index (Phi) is 13.2. The first kappa shape index (κ1) is 20.8. The number of carbonyl (C=O) groups is 4. The fraction of sp³-hybridized carbons (Fsp3) is 0. The highest BCUT2D eigenvalue weighted by Crippen LogP contribution is 1.74. The van der Waals surface area contributed by atoms with Crippen LogP contribution in [0, 0.1) is 0 Å². The van der Waals surface area contributed by atoms with E-state index in [2.05, 4.69) is 4.98 Å². The van der Waals surface area contributed by atoms with E-state index in [0.29, 0.717) is 24.3 Å². The van der Waals surface area contributed by atoms with Gasteiger partial charge in [-0.25, -0.2) is 19.2 Å². The topological polar surface area (TPSA) is 162 Å². The van der Waals surface area contributed by atoms with Crippen molar-refractivity contribution >= 4 is 23.9 Å². The van der Waals surface area contributed by atoms with Crippen molar-refractivity contribution < 1.29 is 39.6 Å². The van der Waals surface area contributed by atoms with Crippen molar-refractivity contribution in [2.24, 2.45) is 0 Å². The van der Waals surface area contributed by atoms with Crippen LogP contribution >= 0.6 is 0 Å². The van der Waals surface area contributed by atoms with Crippen molar-refractivity contribution in [2.75, 3.05) is 0 Å². The second kappa shape index (κ2) is 13.9. The number of pyridine rings is 1. The smallest absolute Gasteiger partial charge is 0.328 e. The van der Waals surface area contributed by atoms with Gasteiger partial charge in [0.2, 0.25) is 0 Å². The minimum Gasteiger partial charge on any atom is -0.478 e. The molecule has 1 aromatic rings. The summed E-state index contributed by atoms with van der Waals surface area (Å²) in [4.78, 5) is 42.0. The number of nitrogens with zero attached hydrogens (tertiary/aromatic N) is 1. The Hall–Kier alpha value is -3.49. The molecule has 22 heavy (non-hydrogen) atoms. The maximum Gasteiger partial charge on any atom is 0.328 e. The van der Waals surface area contributed by atoms with Gasteiger partial charge in [-0.2, -0.15) is 0 Å². The Morgan fingerprint density at radius 1 is 0.591 bits per heavy atom. The number of hydrogen-bond acceptors (Lipinski definition) is 5. The SMILES string of the molecule is O=C(O)/C=C/C(=O)O.O=C(O)/C=C/C(=O)O.c1ccncc1. The molecule has 9 nitrogen and oxygen atoms in total. The van der Waals surface area contributed by atoms with Crippen LogP contribution in [0.5, 0.6) is 0 Å². The van der Waals surface area contributed by atoms with Crippen LogP contribution in [-0.4, -0.2) is 49.3 Å². The van der Waals surface area contributed by atoms with E-state index in [1.54, 1.807) is 12.4 Å². The second-order valence-electron chi connectivity index (χ2n) is 3.04. The Bertz CT molecular complexity index is 444. The minimum atomic E-state index is -1.26. The average Bonchev–Trinajstić information content (AvgIpc) is 2.46. The monoisotopic (exact) mass is 311 g/mol. The maximum atomic E-state index is 9.55. The van der Waals surface area contributed by atoms with Gasteiger partial charge in [-0.3, -0.25) is 4.98 Å². The van der Waals surface area contributed by atoms with Crippen LogP contribution in [0.2, 0.25) is 0 Å². The molecule has 0 saturated heterocycles. The van der Waals surface area contributed by atoms with Crippen molar-refractivity contribution in [3.63, 3.8) is 0 Å². The first-order valence-corrected chi connectivity index (χ1v) is 5.38. The third kappa shape index (κ3) is 25.4. The molecule has 0 bridgehead atoms. The zero-order chi connectivity index (χ0) is 17.4. The molecule has 0 unspecified atom stereocenters. The van der Waals surface area contributed by atoms with Gasteiger partial charge in [0, 0.05) is 36.7 Å². The van der Waals surface area contributed by atoms with Gasteiger partial charge in [-0.1, -0.05) is 6.07 Å². The summed E-state index contributed by atoms with van der Waals surface area (Å²) in [5.74, 6) is -5.03. The van der Waals surface area contributed by atoms with Crippen LogP contribution in [0.1, 0.15) is 0 Å². The van der Waals surface area contributed by atoms with E-state index >= 15 is 0 Å². The van der Waals surface area contributed by atoms with E-state index in [1.807, 2.05) is 18.2 Å². The summed E-state index contributed by atoms with van der Waals surface area (Å²) in [5.41, 5.74) is 0. The molecular formula is C13H13NO8. The van der Waals surface area contributed by atoms with Gasteiger partial charge >= 0.3 is 23.9 Å². The molecule has 1 heterocycles. The van der Waals surface area contributed by atoms with Crippen molar-refractivity contribution in [2.45, 2.75) is 0 Å². The third-order valence-corrected chi connectivity index (χ3v) is 1.30. The van der Waals surface area contributed by atoms with Crippen LogP contribution in [0.4, 0.5) is 0 Å². The normalized spacial score (nSPS) is 9.09. The number of aliphatic carboxylic acids is 4. The Morgan fingerprint density at radius 3 is 0.955 bits per heavy atom. The summed E-state index contributed by atoms with van der Waals surface area (Å²) in [7, 11) is 0. The molecule has 0 atom stereocenters. The quantitative estimate of drug-likeness (QED) is 0.580. The lowest BCUT2D eigenvalue weighted by Gasteiger charge is -1.74. The van der Waals surface area contributed by atoms with Gasteiger partial charge in [-0.05, 0) is 12.1 Å². The van der Waals surface area contributed by atoms with E-state index in [1.165, 1.54) is 0 Å². The minimum absolute atomic E-state index is 0.558. The Morgan fingerprint density at radius 2 is 0.864 bits per heavy atom. The third-order valence-electron chi connectivity index (χ3n) is 1.30. The molecule has 0 fully saturated rings. The highest BCUT2D eigenvalue weighted by molar-refractivity contribution is 5.90. The molecule has 1 rings (SSSR count). The lowest BCUT2D eigenvalue weighted by molar-refractivity contribution is -0.134. The lowest BCUT2D eigenvalue weighted by atomic mass is 10.5. The molecule has 118 valence electrons. The fourth-order valence-electron chi connectivity index (χ4n) is 0.598. The van der Waals surface area contributed by atoms with Crippen molar-refractivity contribution in [3.05, 3.63) is 54.9 Å². The lowest BCUT2D eigenvalue weighted by Crippen LogP contribution is -1.91. The highest BCUT2D eigenvalue weighted by atomic mass is 16.4. The molecule has 0 aliphatic heterocycles. The van der Waals surface area contributed by atoms with Crippen molar-refractivity contribution in [3.8, 4) is 0 Å². The van der Waals surface area contributed by atoms with E-state index in [9.17, 15) is 19.2 Å². The van der Waals surface area contributed by atoms with E-state index in [4.69, 9.17) is 20.4 Å². The summed E-state index contributed by atoms with van der Waals surface area (Å²) in [6, 6.07) is 5.72. The van der Waals surface area contributed by atoms with Crippen molar-refractivity contribution in [1.29, 1.82) is 0 Å². The predicted octanol–water partition coefficient (Wildman–Crippen LogP) is 0.505. The van der Waals surface area contributed by atoms with Crippen molar-refractivity contribution in [1.82, 2.24) is 4.98 Å². The van der Waals surface area contributed by atoms with Crippen LogP contribution in [-0.2, 0) is 19.2 Å². The molecular weight excluding hydrogens is 298 g/mol. The summed E-state index contributed by atoms with van der Waals surface area (Å²) in [6.45, 7) is 0. The van der Waals surface area contributed by atoms with Crippen LogP contribution in [0.15, 0.2) is 54.9 Å². The molecule has 9 heteroatoms. The van der Waals surface area contributed by atoms with Crippen LogP contribution < -0.4 is 0 Å². The predicted molar refractivity (Wildman–Crippen MR) is 73.1 cm³/mol. The second-order valence-corrected chi connectivity index (χ2v) is 3.04. The molecule has 0 amide bonds. The van der Waals surface area contributed by atoms with Gasteiger partial charge in [0.05, 0.1) is 0 Å². The number of aromatic nitrogens is 1. The molecule has 0 radical (unpaired) electrons. The van der Waals surface area contributed by atoms with Crippen LogP contribution in [0.3, 0.4) is 0 Å². The van der Waals surface area contributed by atoms with Gasteiger partial charge in [0.1, 0.15) is 0 Å². The molecule has 0 spiro atoms. The van der Waals surface area contributed by atoms with E-state index in [0.717, 1.165) is 0 Å². The summed E-state index contributed by atoms with van der Waals surface area (Å²) >= 11 is 0. The number of carboxylic acid groups (broad SMARTS) is 4. The Balaban J connectivity index is 0. The number of carboxylic acids is 4. The summed E-state index contributed by atoms with van der Waals surface area (Å²) in [6.07, 6.45) is 5.73. The van der Waals surface area contributed by atoms with Gasteiger partial charge in [-0.15, -0.1) is 0 Å². The molecule has 0 aliphatic carbocycles. The van der Waals surface area contributed by atoms with Gasteiger partial charge in [0.25, 0.3) is 0 Å². The molecule has 0 aliphatic rings. The van der Waals surface area contributed by atoms with E-state index < -0.39 is 23.9 Å². The van der Waals surface area contributed by atoms with Gasteiger partial charge < -0.3 is 20.4 Å². The number of rotatable bonds is 4.